The predicted molar refractivity (Wildman–Crippen MR) is 43.6 cm³/mol. The number of aliphatic hydroxyl groups excluding tert-OH is 1. The van der Waals surface area contributed by atoms with Gasteiger partial charge in [-0.25, -0.2) is 4.98 Å². The highest BCUT2D eigenvalue weighted by atomic mass is 16.3. The van der Waals surface area contributed by atoms with Crippen LogP contribution in [0.25, 0.3) is 5.65 Å². The second-order valence-corrected chi connectivity index (χ2v) is 2.61. The summed E-state index contributed by atoms with van der Waals surface area (Å²) in [5, 5.41) is 9.02. The Balaban J connectivity index is 2.81. The Labute approximate surface area is 69.5 Å². The number of fused-ring (bicyclic) bond motifs is 1. The lowest BCUT2D eigenvalue weighted by Gasteiger charge is -1.95. The fourth-order valence-corrected chi connectivity index (χ4v) is 1.27. The Morgan fingerprint density at radius 2 is 2.42 bits per heavy atom. The van der Waals surface area contributed by atoms with Crippen LogP contribution in [0, 0.1) is 6.92 Å². The maximum absolute atomic E-state index is 9.02. The first kappa shape index (κ1) is 7.24. The average Bonchev–Trinajstić information content (AvgIpc) is 2.40. The third-order valence-electron chi connectivity index (χ3n) is 1.88. The summed E-state index contributed by atoms with van der Waals surface area (Å²) in [5.41, 5.74) is 2.46. The zero-order valence-electron chi connectivity index (χ0n) is 6.73. The van der Waals surface area contributed by atoms with E-state index in [1.54, 1.807) is 18.6 Å². The molecule has 0 amide bonds. The topological polar surface area (TPSA) is 50.4 Å². The van der Waals surface area contributed by atoms with Gasteiger partial charge >= 0.3 is 0 Å². The molecule has 1 N–H and O–H groups in total. The molecule has 0 aliphatic heterocycles. The van der Waals surface area contributed by atoms with Crippen LogP contribution in [-0.4, -0.2) is 19.5 Å². The molecule has 0 aliphatic rings. The molecule has 62 valence electrons. The number of rotatable bonds is 1. The van der Waals surface area contributed by atoms with Crippen molar-refractivity contribution < 1.29 is 5.11 Å². The summed E-state index contributed by atoms with van der Waals surface area (Å²) in [5.74, 6) is 0. The molecule has 0 atom stereocenters. The maximum Gasteiger partial charge on any atom is 0.155 e. The molecule has 0 saturated carbocycles. The van der Waals surface area contributed by atoms with Gasteiger partial charge in [0.1, 0.15) is 0 Å². The molecule has 2 rings (SSSR count). The van der Waals surface area contributed by atoms with E-state index in [1.165, 1.54) is 0 Å². The van der Waals surface area contributed by atoms with Gasteiger partial charge in [-0.1, -0.05) is 0 Å². The molecule has 0 spiro atoms. The zero-order valence-corrected chi connectivity index (χ0v) is 6.73. The van der Waals surface area contributed by atoms with E-state index in [2.05, 4.69) is 9.97 Å². The van der Waals surface area contributed by atoms with E-state index in [9.17, 15) is 0 Å². The summed E-state index contributed by atoms with van der Waals surface area (Å²) in [7, 11) is 0. The lowest BCUT2D eigenvalue weighted by Crippen LogP contribution is -1.93. The minimum Gasteiger partial charge on any atom is -0.390 e. The number of aromatic nitrogens is 3. The average molecular weight is 163 g/mol. The van der Waals surface area contributed by atoms with Crippen molar-refractivity contribution >= 4 is 5.65 Å². The minimum absolute atomic E-state index is 0.0109. The standard InChI is InChI=1S/C8H9N3O/c1-6-7(5-12)11-3-2-9-4-8(11)10-6/h2-4,12H,5H2,1H3. The molecule has 0 fully saturated rings. The summed E-state index contributed by atoms with van der Waals surface area (Å²) < 4.78 is 1.84. The molecule has 2 heterocycles. The molecule has 0 unspecified atom stereocenters. The van der Waals surface area contributed by atoms with E-state index in [4.69, 9.17) is 5.11 Å². The molecule has 0 aromatic carbocycles. The summed E-state index contributed by atoms with van der Waals surface area (Å²) >= 11 is 0. The molecule has 0 aliphatic carbocycles. The molecular formula is C8H9N3O. The molecule has 12 heavy (non-hydrogen) atoms. The summed E-state index contributed by atoms with van der Waals surface area (Å²) in [4.78, 5) is 8.16. The second kappa shape index (κ2) is 2.57. The molecule has 0 saturated heterocycles. The van der Waals surface area contributed by atoms with Gasteiger partial charge in [-0.15, -0.1) is 0 Å². The number of hydrogen-bond acceptors (Lipinski definition) is 3. The van der Waals surface area contributed by atoms with E-state index < -0.39 is 0 Å². The van der Waals surface area contributed by atoms with Crippen molar-refractivity contribution in [3.8, 4) is 0 Å². The van der Waals surface area contributed by atoms with Crippen LogP contribution < -0.4 is 0 Å². The largest absolute Gasteiger partial charge is 0.390 e. The first-order valence-corrected chi connectivity index (χ1v) is 3.71. The van der Waals surface area contributed by atoms with Gasteiger partial charge in [0.05, 0.1) is 24.2 Å². The van der Waals surface area contributed by atoms with Gasteiger partial charge in [0.2, 0.25) is 0 Å². The predicted octanol–water partition coefficient (Wildman–Crippen LogP) is 0.530. The van der Waals surface area contributed by atoms with Crippen LogP contribution in [0.5, 0.6) is 0 Å². The Kier molecular flexibility index (Phi) is 1.55. The van der Waals surface area contributed by atoms with Crippen LogP contribution in [0.1, 0.15) is 11.4 Å². The van der Waals surface area contributed by atoms with Crippen molar-refractivity contribution in [1.82, 2.24) is 14.4 Å². The van der Waals surface area contributed by atoms with E-state index in [1.807, 2.05) is 11.3 Å². The fraction of sp³-hybridized carbons (Fsp3) is 0.250. The smallest absolute Gasteiger partial charge is 0.155 e. The number of hydrogen-bond donors (Lipinski definition) is 1. The molecule has 4 nitrogen and oxygen atoms in total. The van der Waals surface area contributed by atoms with E-state index >= 15 is 0 Å². The van der Waals surface area contributed by atoms with Crippen molar-refractivity contribution in [2.75, 3.05) is 0 Å². The van der Waals surface area contributed by atoms with Crippen LogP contribution in [0.2, 0.25) is 0 Å². The quantitative estimate of drug-likeness (QED) is 0.667. The lowest BCUT2D eigenvalue weighted by atomic mass is 10.4. The number of nitrogens with zero attached hydrogens (tertiary/aromatic N) is 3. The van der Waals surface area contributed by atoms with Gasteiger partial charge < -0.3 is 5.11 Å². The molecule has 0 radical (unpaired) electrons. The highest BCUT2D eigenvalue weighted by Crippen LogP contribution is 2.09. The summed E-state index contributed by atoms with van der Waals surface area (Å²) in [6.45, 7) is 1.88. The van der Waals surface area contributed by atoms with E-state index in [0.717, 1.165) is 17.0 Å². The zero-order chi connectivity index (χ0) is 8.55. The first-order valence-electron chi connectivity index (χ1n) is 3.71. The number of imidazole rings is 1. The Hall–Kier alpha value is -1.42. The number of aliphatic hydroxyl groups is 1. The Bertz CT molecular complexity index is 408. The van der Waals surface area contributed by atoms with Crippen LogP contribution in [0.4, 0.5) is 0 Å². The SMILES string of the molecule is Cc1nc2cnccn2c1CO. The first-order chi connectivity index (χ1) is 5.83. The fourth-order valence-electron chi connectivity index (χ4n) is 1.27. The van der Waals surface area contributed by atoms with Crippen LogP contribution in [0.3, 0.4) is 0 Å². The highest BCUT2D eigenvalue weighted by Gasteiger charge is 2.05. The molecule has 4 heteroatoms. The van der Waals surface area contributed by atoms with Gasteiger partial charge in [0, 0.05) is 12.4 Å². The van der Waals surface area contributed by atoms with Gasteiger partial charge in [-0.3, -0.25) is 9.38 Å². The lowest BCUT2D eigenvalue weighted by molar-refractivity contribution is 0.275. The third-order valence-corrected chi connectivity index (χ3v) is 1.88. The molecule has 2 aromatic rings. The monoisotopic (exact) mass is 163 g/mol. The van der Waals surface area contributed by atoms with Crippen molar-refractivity contribution in [1.29, 1.82) is 0 Å². The molecular weight excluding hydrogens is 154 g/mol. The van der Waals surface area contributed by atoms with Crippen LogP contribution >= 0.6 is 0 Å². The van der Waals surface area contributed by atoms with E-state index in [0.29, 0.717) is 0 Å². The van der Waals surface area contributed by atoms with Crippen LogP contribution in [0.15, 0.2) is 18.6 Å². The highest BCUT2D eigenvalue weighted by molar-refractivity contribution is 5.40. The van der Waals surface area contributed by atoms with Crippen molar-refractivity contribution in [3.63, 3.8) is 0 Å². The number of aryl methyl sites for hydroxylation is 1. The maximum atomic E-state index is 9.02. The van der Waals surface area contributed by atoms with Gasteiger partial charge in [0.25, 0.3) is 0 Å². The Morgan fingerprint density at radius 3 is 3.17 bits per heavy atom. The van der Waals surface area contributed by atoms with Gasteiger partial charge in [-0.2, -0.15) is 0 Å². The van der Waals surface area contributed by atoms with Crippen molar-refractivity contribution in [3.05, 3.63) is 30.0 Å². The van der Waals surface area contributed by atoms with Crippen molar-refractivity contribution in [2.24, 2.45) is 0 Å². The van der Waals surface area contributed by atoms with Gasteiger partial charge in [0.15, 0.2) is 5.65 Å². The molecule has 2 aromatic heterocycles. The molecule has 0 bridgehead atoms. The third kappa shape index (κ3) is 0.887. The van der Waals surface area contributed by atoms with E-state index in [-0.39, 0.29) is 6.61 Å². The second-order valence-electron chi connectivity index (χ2n) is 2.61. The minimum atomic E-state index is 0.0109. The van der Waals surface area contributed by atoms with Gasteiger partial charge in [-0.05, 0) is 6.92 Å². The van der Waals surface area contributed by atoms with Crippen LogP contribution in [-0.2, 0) is 6.61 Å². The summed E-state index contributed by atoms with van der Waals surface area (Å²) in [6, 6.07) is 0. The Morgan fingerprint density at radius 1 is 1.58 bits per heavy atom. The normalized spacial score (nSPS) is 10.8. The summed E-state index contributed by atoms with van der Waals surface area (Å²) in [6.07, 6.45) is 5.14. The van der Waals surface area contributed by atoms with Crippen molar-refractivity contribution in [2.45, 2.75) is 13.5 Å².